The fourth-order valence-electron chi connectivity index (χ4n) is 2.48. The van der Waals surface area contributed by atoms with Crippen molar-refractivity contribution in [3.05, 3.63) is 84.4 Å². The lowest BCUT2D eigenvalue weighted by Crippen LogP contribution is -2.16. The van der Waals surface area contributed by atoms with E-state index in [4.69, 9.17) is 0 Å². The van der Waals surface area contributed by atoms with Gasteiger partial charge in [-0.25, -0.2) is 0 Å². The standard InChI is InChI=1S/C22H20N2O2S/c1-24(2)22(26)27-20-10-6-9-19(15-20)23-21(25)18-13-11-17(12-14-18)16-7-4-3-5-8-16/h3-15H,1-2H3,(H,23,25). The van der Waals surface area contributed by atoms with E-state index in [1.165, 1.54) is 4.90 Å². The van der Waals surface area contributed by atoms with Gasteiger partial charge in [0.1, 0.15) is 0 Å². The second-order valence-corrected chi connectivity index (χ2v) is 7.21. The average Bonchev–Trinajstić information content (AvgIpc) is 2.69. The molecule has 3 aromatic carbocycles. The van der Waals surface area contributed by atoms with Crippen molar-refractivity contribution < 1.29 is 9.59 Å². The highest BCUT2D eigenvalue weighted by Gasteiger charge is 2.10. The summed E-state index contributed by atoms with van der Waals surface area (Å²) < 4.78 is 0. The zero-order valence-electron chi connectivity index (χ0n) is 15.2. The minimum absolute atomic E-state index is 0.0602. The number of carbonyl (C=O) groups is 2. The molecule has 3 aromatic rings. The number of thioether (sulfide) groups is 1. The molecule has 1 N–H and O–H groups in total. The Balaban J connectivity index is 1.69. The Kier molecular flexibility index (Phi) is 5.94. The highest BCUT2D eigenvalue weighted by molar-refractivity contribution is 8.13. The van der Waals surface area contributed by atoms with Crippen molar-refractivity contribution in [2.24, 2.45) is 0 Å². The van der Waals surface area contributed by atoms with Gasteiger partial charge in [0.25, 0.3) is 11.1 Å². The van der Waals surface area contributed by atoms with Crippen LogP contribution in [-0.2, 0) is 0 Å². The second kappa shape index (κ2) is 8.56. The zero-order valence-corrected chi connectivity index (χ0v) is 16.0. The van der Waals surface area contributed by atoms with Crippen molar-refractivity contribution in [2.45, 2.75) is 4.90 Å². The lowest BCUT2D eigenvalue weighted by Gasteiger charge is -2.10. The fraction of sp³-hybridized carbons (Fsp3) is 0.0909. The van der Waals surface area contributed by atoms with Gasteiger partial charge in [-0.1, -0.05) is 48.5 Å². The number of hydrogen-bond donors (Lipinski definition) is 1. The molecule has 0 radical (unpaired) electrons. The minimum Gasteiger partial charge on any atom is -0.339 e. The van der Waals surface area contributed by atoms with E-state index >= 15 is 0 Å². The Morgan fingerprint density at radius 1 is 0.815 bits per heavy atom. The molecule has 0 heterocycles. The molecule has 0 unspecified atom stereocenters. The fourth-order valence-corrected chi connectivity index (χ4v) is 3.19. The summed E-state index contributed by atoms with van der Waals surface area (Å²) in [4.78, 5) is 26.6. The molecule has 136 valence electrons. The molecule has 0 atom stereocenters. The smallest absolute Gasteiger partial charge is 0.285 e. The van der Waals surface area contributed by atoms with Gasteiger partial charge in [-0.3, -0.25) is 9.59 Å². The van der Waals surface area contributed by atoms with E-state index < -0.39 is 0 Å². The number of amides is 2. The van der Waals surface area contributed by atoms with E-state index in [-0.39, 0.29) is 11.1 Å². The van der Waals surface area contributed by atoms with Gasteiger partial charge in [-0.15, -0.1) is 0 Å². The van der Waals surface area contributed by atoms with Crippen LogP contribution < -0.4 is 5.32 Å². The van der Waals surface area contributed by atoms with Crippen molar-refractivity contribution in [3.8, 4) is 11.1 Å². The van der Waals surface area contributed by atoms with Gasteiger partial charge in [0.15, 0.2) is 0 Å². The molecule has 2 amide bonds. The van der Waals surface area contributed by atoms with Crippen LogP contribution in [0.5, 0.6) is 0 Å². The molecular formula is C22H20N2O2S. The first-order valence-electron chi connectivity index (χ1n) is 8.49. The Hall–Kier alpha value is -3.05. The SMILES string of the molecule is CN(C)C(=O)Sc1cccc(NC(=O)c2ccc(-c3ccccc3)cc2)c1. The van der Waals surface area contributed by atoms with Crippen molar-refractivity contribution in [1.29, 1.82) is 0 Å². The van der Waals surface area contributed by atoms with Gasteiger partial charge < -0.3 is 10.2 Å². The van der Waals surface area contributed by atoms with Crippen molar-refractivity contribution in [2.75, 3.05) is 19.4 Å². The molecule has 0 saturated carbocycles. The Morgan fingerprint density at radius 3 is 2.15 bits per heavy atom. The predicted molar refractivity (Wildman–Crippen MR) is 111 cm³/mol. The van der Waals surface area contributed by atoms with Gasteiger partial charge in [0, 0.05) is 30.2 Å². The van der Waals surface area contributed by atoms with E-state index in [1.807, 2.05) is 66.7 Å². The van der Waals surface area contributed by atoms with Crippen molar-refractivity contribution in [1.82, 2.24) is 4.90 Å². The normalized spacial score (nSPS) is 10.3. The van der Waals surface area contributed by atoms with Crippen LogP contribution in [0.4, 0.5) is 10.5 Å². The maximum Gasteiger partial charge on any atom is 0.285 e. The molecule has 4 nitrogen and oxygen atoms in total. The van der Waals surface area contributed by atoms with Gasteiger partial charge >= 0.3 is 0 Å². The third kappa shape index (κ3) is 4.99. The van der Waals surface area contributed by atoms with Gasteiger partial charge in [0.05, 0.1) is 0 Å². The number of anilines is 1. The lowest BCUT2D eigenvalue weighted by atomic mass is 10.0. The molecule has 0 aliphatic rings. The molecule has 0 spiro atoms. The summed E-state index contributed by atoms with van der Waals surface area (Å²) >= 11 is 1.12. The summed E-state index contributed by atoms with van der Waals surface area (Å²) in [5.74, 6) is -0.185. The first kappa shape index (κ1) is 18.7. The van der Waals surface area contributed by atoms with E-state index in [9.17, 15) is 9.59 Å². The molecule has 3 rings (SSSR count). The average molecular weight is 376 g/mol. The number of carbonyl (C=O) groups excluding carboxylic acids is 2. The quantitative estimate of drug-likeness (QED) is 0.622. The molecule has 0 bridgehead atoms. The number of rotatable bonds is 4. The molecule has 0 fully saturated rings. The first-order valence-corrected chi connectivity index (χ1v) is 9.30. The van der Waals surface area contributed by atoms with E-state index in [2.05, 4.69) is 5.32 Å². The first-order chi connectivity index (χ1) is 13.0. The largest absolute Gasteiger partial charge is 0.339 e. The van der Waals surface area contributed by atoms with E-state index in [1.54, 1.807) is 26.2 Å². The van der Waals surface area contributed by atoms with Crippen LogP contribution in [0.15, 0.2) is 83.8 Å². The summed E-state index contributed by atoms with van der Waals surface area (Å²) in [7, 11) is 3.42. The summed E-state index contributed by atoms with van der Waals surface area (Å²) in [6.45, 7) is 0. The van der Waals surface area contributed by atoms with E-state index in [0.717, 1.165) is 27.8 Å². The van der Waals surface area contributed by atoms with Crippen molar-refractivity contribution >= 4 is 28.6 Å². The van der Waals surface area contributed by atoms with Crippen LogP contribution >= 0.6 is 11.8 Å². The van der Waals surface area contributed by atoms with Crippen LogP contribution in [0.3, 0.4) is 0 Å². The lowest BCUT2D eigenvalue weighted by molar-refractivity contribution is 0.102. The molecule has 0 aliphatic heterocycles. The Labute approximate surface area is 163 Å². The molecular weight excluding hydrogens is 356 g/mol. The van der Waals surface area contributed by atoms with Crippen LogP contribution in [0, 0.1) is 0 Å². The summed E-state index contributed by atoms with van der Waals surface area (Å²) in [5, 5.41) is 2.82. The van der Waals surface area contributed by atoms with Crippen LogP contribution in [-0.4, -0.2) is 30.1 Å². The Morgan fingerprint density at radius 2 is 1.48 bits per heavy atom. The number of nitrogens with zero attached hydrogens (tertiary/aromatic N) is 1. The van der Waals surface area contributed by atoms with Crippen molar-refractivity contribution in [3.63, 3.8) is 0 Å². The summed E-state index contributed by atoms with van der Waals surface area (Å²) in [6.07, 6.45) is 0. The predicted octanol–water partition coefficient (Wildman–Crippen LogP) is 5.38. The number of benzene rings is 3. The zero-order chi connectivity index (χ0) is 19.2. The summed E-state index contributed by atoms with van der Waals surface area (Å²) in [6, 6.07) is 24.8. The maximum absolute atomic E-state index is 12.5. The highest BCUT2D eigenvalue weighted by atomic mass is 32.2. The minimum atomic E-state index is -0.185. The van der Waals surface area contributed by atoms with Crippen LogP contribution in [0.25, 0.3) is 11.1 Å². The van der Waals surface area contributed by atoms with Gasteiger partial charge in [-0.2, -0.15) is 0 Å². The Bertz CT molecular complexity index is 938. The molecule has 0 aliphatic carbocycles. The third-order valence-electron chi connectivity index (χ3n) is 3.92. The topological polar surface area (TPSA) is 49.4 Å². The highest BCUT2D eigenvalue weighted by Crippen LogP contribution is 2.24. The summed E-state index contributed by atoms with van der Waals surface area (Å²) in [5.41, 5.74) is 3.41. The molecule has 5 heteroatoms. The monoisotopic (exact) mass is 376 g/mol. The molecule has 27 heavy (non-hydrogen) atoms. The van der Waals surface area contributed by atoms with Gasteiger partial charge in [-0.05, 0) is 53.2 Å². The van der Waals surface area contributed by atoms with Gasteiger partial charge in [0.2, 0.25) is 0 Å². The third-order valence-corrected chi connectivity index (χ3v) is 4.95. The number of nitrogens with one attached hydrogen (secondary N) is 1. The van der Waals surface area contributed by atoms with Crippen LogP contribution in [0.2, 0.25) is 0 Å². The maximum atomic E-state index is 12.5. The number of hydrogen-bond acceptors (Lipinski definition) is 3. The molecule has 0 saturated heterocycles. The second-order valence-electron chi connectivity index (χ2n) is 6.19. The van der Waals surface area contributed by atoms with E-state index in [0.29, 0.717) is 11.3 Å². The van der Waals surface area contributed by atoms with Crippen LogP contribution in [0.1, 0.15) is 10.4 Å². The molecule has 0 aromatic heterocycles.